The second kappa shape index (κ2) is 8.47. The fourth-order valence-electron chi connectivity index (χ4n) is 1.25. The molecule has 90 valence electrons. The van der Waals surface area contributed by atoms with Gasteiger partial charge in [-0.2, -0.15) is 0 Å². The van der Waals surface area contributed by atoms with Crippen LogP contribution in [-0.4, -0.2) is 37.0 Å². The van der Waals surface area contributed by atoms with Crippen LogP contribution in [0.1, 0.15) is 26.7 Å². The van der Waals surface area contributed by atoms with Gasteiger partial charge >= 0.3 is 6.03 Å². The number of rotatable bonds is 7. The number of alkyl halides is 1. The minimum Gasteiger partial charge on any atom is -0.394 e. The third-order valence-corrected chi connectivity index (χ3v) is 1.91. The van der Waals surface area contributed by atoms with E-state index in [1.807, 2.05) is 13.8 Å². The van der Waals surface area contributed by atoms with Gasteiger partial charge in [-0.1, -0.05) is 13.8 Å². The van der Waals surface area contributed by atoms with Gasteiger partial charge in [-0.15, -0.1) is 0 Å². The molecule has 0 aliphatic carbocycles. The normalized spacial score (nSPS) is 12.6. The van der Waals surface area contributed by atoms with Gasteiger partial charge < -0.3 is 15.7 Å². The Morgan fingerprint density at radius 3 is 2.60 bits per heavy atom. The largest absolute Gasteiger partial charge is 0.394 e. The minimum absolute atomic E-state index is 0.0747. The third kappa shape index (κ3) is 8.17. The number of urea groups is 1. The van der Waals surface area contributed by atoms with Crippen LogP contribution in [0.25, 0.3) is 0 Å². The molecule has 2 amide bonds. The highest BCUT2D eigenvalue weighted by molar-refractivity contribution is 5.74. The van der Waals surface area contributed by atoms with Crippen LogP contribution >= 0.6 is 0 Å². The van der Waals surface area contributed by atoms with Gasteiger partial charge in [0.15, 0.2) is 0 Å². The quantitative estimate of drug-likeness (QED) is 0.562. The van der Waals surface area contributed by atoms with E-state index in [2.05, 4.69) is 10.6 Å². The third-order valence-electron chi connectivity index (χ3n) is 1.91. The van der Waals surface area contributed by atoms with Gasteiger partial charge in [-0.05, 0) is 18.8 Å². The van der Waals surface area contributed by atoms with E-state index in [-0.39, 0.29) is 18.7 Å². The average molecular weight is 220 g/mol. The summed E-state index contributed by atoms with van der Waals surface area (Å²) in [5, 5.41) is 14.1. The zero-order valence-electron chi connectivity index (χ0n) is 9.42. The van der Waals surface area contributed by atoms with Crippen molar-refractivity contribution in [2.24, 2.45) is 5.92 Å². The van der Waals surface area contributed by atoms with Crippen molar-refractivity contribution < 1.29 is 14.3 Å². The molecule has 0 aromatic carbocycles. The first kappa shape index (κ1) is 14.2. The molecule has 0 fully saturated rings. The van der Waals surface area contributed by atoms with E-state index >= 15 is 0 Å². The molecule has 1 atom stereocenters. The maximum atomic E-state index is 11.7. The van der Waals surface area contributed by atoms with Gasteiger partial charge in [0.1, 0.15) is 0 Å². The molecule has 15 heavy (non-hydrogen) atoms. The van der Waals surface area contributed by atoms with Crippen LogP contribution in [0.5, 0.6) is 0 Å². The lowest BCUT2D eigenvalue weighted by Gasteiger charge is -2.18. The first-order chi connectivity index (χ1) is 7.10. The molecule has 1 unspecified atom stereocenters. The average Bonchev–Trinajstić information content (AvgIpc) is 2.16. The molecule has 0 bridgehead atoms. The lowest BCUT2D eigenvalue weighted by atomic mass is 10.0. The van der Waals surface area contributed by atoms with Crippen molar-refractivity contribution in [3.8, 4) is 0 Å². The molecule has 5 heteroatoms. The first-order valence-corrected chi connectivity index (χ1v) is 5.31. The molecule has 0 aliphatic heterocycles. The molecule has 0 radical (unpaired) electrons. The monoisotopic (exact) mass is 220 g/mol. The molecular formula is C10H21FN2O2. The standard InChI is InChI=1S/C10H21FN2O2/c1-8(2)6-9(7-14)13-10(15)12-5-3-4-11/h8-9,14H,3-7H2,1-2H3,(H2,12,13,15). The predicted molar refractivity (Wildman–Crippen MR) is 57.5 cm³/mol. The smallest absolute Gasteiger partial charge is 0.315 e. The molecule has 0 rings (SSSR count). The van der Waals surface area contributed by atoms with Crippen molar-refractivity contribution in [2.45, 2.75) is 32.7 Å². The van der Waals surface area contributed by atoms with Crippen LogP contribution < -0.4 is 10.6 Å². The number of halogens is 1. The minimum atomic E-state index is -0.435. The van der Waals surface area contributed by atoms with E-state index < -0.39 is 6.67 Å². The van der Waals surface area contributed by atoms with Gasteiger partial charge in [0.05, 0.1) is 19.3 Å². The maximum absolute atomic E-state index is 11.7. The molecule has 3 N–H and O–H groups in total. The van der Waals surface area contributed by atoms with Crippen molar-refractivity contribution in [1.29, 1.82) is 0 Å². The zero-order valence-corrected chi connectivity index (χ0v) is 9.42. The van der Waals surface area contributed by atoms with Gasteiger partial charge in [0.25, 0.3) is 0 Å². The summed E-state index contributed by atoms with van der Waals surface area (Å²) in [6.45, 7) is 3.85. The van der Waals surface area contributed by atoms with E-state index in [1.165, 1.54) is 0 Å². The Bertz CT molecular complexity index is 177. The Morgan fingerprint density at radius 2 is 2.13 bits per heavy atom. The summed E-state index contributed by atoms with van der Waals surface area (Å²) in [6, 6.07) is -0.571. The molecule has 0 heterocycles. The van der Waals surface area contributed by atoms with E-state index in [9.17, 15) is 9.18 Å². The van der Waals surface area contributed by atoms with E-state index in [0.29, 0.717) is 18.9 Å². The number of aliphatic hydroxyl groups is 1. The lowest BCUT2D eigenvalue weighted by molar-refractivity contribution is 0.206. The molecule has 0 spiro atoms. The number of aliphatic hydroxyl groups excluding tert-OH is 1. The highest BCUT2D eigenvalue weighted by Crippen LogP contribution is 2.03. The fraction of sp³-hybridized carbons (Fsp3) is 0.900. The number of nitrogens with one attached hydrogen (secondary N) is 2. The molecule has 0 saturated carbocycles. The summed E-state index contributed by atoms with van der Waals surface area (Å²) < 4.78 is 11.7. The molecule has 0 aromatic heterocycles. The van der Waals surface area contributed by atoms with Crippen LogP contribution in [0.3, 0.4) is 0 Å². The van der Waals surface area contributed by atoms with E-state index in [1.54, 1.807) is 0 Å². The van der Waals surface area contributed by atoms with Crippen LogP contribution in [-0.2, 0) is 0 Å². The summed E-state index contributed by atoms with van der Waals surface area (Å²) in [6.07, 6.45) is 1.05. The molecule has 0 saturated heterocycles. The summed E-state index contributed by atoms with van der Waals surface area (Å²) in [5.41, 5.74) is 0. The van der Waals surface area contributed by atoms with Gasteiger partial charge in [0.2, 0.25) is 0 Å². The first-order valence-electron chi connectivity index (χ1n) is 5.31. The van der Waals surface area contributed by atoms with Crippen LogP contribution in [0.4, 0.5) is 9.18 Å². The van der Waals surface area contributed by atoms with Crippen LogP contribution in [0.15, 0.2) is 0 Å². The number of amides is 2. The van der Waals surface area contributed by atoms with E-state index in [4.69, 9.17) is 5.11 Å². The molecule has 0 aliphatic rings. The molecular weight excluding hydrogens is 199 g/mol. The maximum Gasteiger partial charge on any atom is 0.315 e. The Balaban J connectivity index is 3.70. The Hall–Kier alpha value is -0.840. The van der Waals surface area contributed by atoms with Gasteiger partial charge in [0, 0.05) is 6.54 Å². The van der Waals surface area contributed by atoms with Crippen molar-refractivity contribution in [3.63, 3.8) is 0 Å². The predicted octanol–water partition coefficient (Wildman–Crippen LogP) is 1.05. The summed E-state index contributed by atoms with van der Waals surface area (Å²) >= 11 is 0. The Morgan fingerprint density at radius 1 is 1.47 bits per heavy atom. The SMILES string of the molecule is CC(C)CC(CO)NC(=O)NCCCF. The summed E-state index contributed by atoms with van der Waals surface area (Å²) in [7, 11) is 0. The van der Waals surface area contributed by atoms with Crippen LogP contribution in [0.2, 0.25) is 0 Å². The summed E-state index contributed by atoms with van der Waals surface area (Å²) in [5.74, 6) is 0.410. The Kier molecular flexibility index (Phi) is 7.99. The number of hydrogen-bond donors (Lipinski definition) is 3. The number of hydrogen-bond acceptors (Lipinski definition) is 2. The number of carbonyl (C=O) groups excluding carboxylic acids is 1. The second-order valence-electron chi connectivity index (χ2n) is 3.95. The molecule has 0 aromatic rings. The van der Waals surface area contributed by atoms with E-state index in [0.717, 1.165) is 6.42 Å². The zero-order chi connectivity index (χ0) is 11.7. The second-order valence-corrected chi connectivity index (χ2v) is 3.95. The van der Waals surface area contributed by atoms with Crippen molar-refractivity contribution >= 4 is 6.03 Å². The van der Waals surface area contributed by atoms with Crippen molar-refractivity contribution in [3.05, 3.63) is 0 Å². The van der Waals surface area contributed by atoms with Crippen LogP contribution in [0, 0.1) is 5.92 Å². The van der Waals surface area contributed by atoms with Crippen molar-refractivity contribution in [1.82, 2.24) is 10.6 Å². The lowest BCUT2D eigenvalue weighted by Crippen LogP contribution is -2.44. The fourth-order valence-corrected chi connectivity index (χ4v) is 1.25. The highest BCUT2D eigenvalue weighted by atomic mass is 19.1. The van der Waals surface area contributed by atoms with Gasteiger partial charge in [-0.25, -0.2) is 4.79 Å². The number of carbonyl (C=O) groups is 1. The summed E-state index contributed by atoms with van der Waals surface area (Å²) in [4.78, 5) is 11.2. The Labute approximate surface area is 90.2 Å². The van der Waals surface area contributed by atoms with Crippen molar-refractivity contribution in [2.75, 3.05) is 19.8 Å². The highest BCUT2D eigenvalue weighted by Gasteiger charge is 2.12. The van der Waals surface area contributed by atoms with Gasteiger partial charge in [-0.3, -0.25) is 4.39 Å². The molecule has 4 nitrogen and oxygen atoms in total. The topological polar surface area (TPSA) is 61.4 Å².